The predicted octanol–water partition coefficient (Wildman–Crippen LogP) is 4.13. The van der Waals surface area contributed by atoms with Crippen molar-refractivity contribution in [2.75, 3.05) is 24.5 Å². The van der Waals surface area contributed by atoms with Crippen molar-refractivity contribution in [3.8, 4) is 0 Å². The van der Waals surface area contributed by atoms with Crippen LogP contribution in [-0.2, 0) is 16.0 Å². The van der Waals surface area contributed by atoms with Crippen molar-refractivity contribution in [2.45, 2.75) is 26.7 Å². The molecule has 0 saturated carbocycles. The minimum Gasteiger partial charge on any atom is -0.347 e. The van der Waals surface area contributed by atoms with Gasteiger partial charge in [0.15, 0.2) is 0 Å². The van der Waals surface area contributed by atoms with E-state index in [1.54, 1.807) is 29.2 Å². The molecule has 1 aliphatic heterocycles. The summed E-state index contributed by atoms with van der Waals surface area (Å²) in [5, 5.41) is 3.15. The van der Waals surface area contributed by atoms with Gasteiger partial charge < -0.3 is 10.2 Å². The van der Waals surface area contributed by atoms with E-state index in [-0.39, 0.29) is 24.9 Å². The van der Waals surface area contributed by atoms with E-state index in [0.717, 1.165) is 16.9 Å². The topological polar surface area (TPSA) is 69.7 Å². The third kappa shape index (κ3) is 6.31. The van der Waals surface area contributed by atoms with Crippen molar-refractivity contribution in [3.05, 3.63) is 65.2 Å². The molecule has 2 aromatic carbocycles. The number of carbonyl (C=O) groups is 3. The second-order valence-electron chi connectivity index (χ2n) is 8.28. The van der Waals surface area contributed by atoms with Gasteiger partial charge >= 0.3 is 6.03 Å². The fourth-order valence-corrected chi connectivity index (χ4v) is 4.13. The molecule has 0 aromatic heterocycles. The Labute approximate surface area is 188 Å². The minimum atomic E-state index is -0.486. The highest BCUT2D eigenvalue weighted by Crippen LogP contribution is 2.25. The zero-order chi connectivity index (χ0) is 22.4. The summed E-state index contributed by atoms with van der Waals surface area (Å²) in [6, 6.07) is 15.5. The van der Waals surface area contributed by atoms with Gasteiger partial charge in [0.2, 0.25) is 5.91 Å². The van der Waals surface area contributed by atoms with Crippen LogP contribution < -0.4 is 10.2 Å². The van der Waals surface area contributed by atoms with Gasteiger partial charge in [-0.1, -0.05) is 55.8 Å². The van der Waals surface area contributed by atoms with Crippen LogP contribution in [0.5, 0.6) is 0 Å². The van der Waals surface area contributed by atoms with Gasteiger partial charge in [0.1, 0.15) is 0 Å². The molecule has 0 radical (unpaired) electrons. The molecule has 31 heavy (non-hydrogen) atoms. The molecule has 3 rings (SSSR count). The van der Waals surface area contributed by atoms with Gasteiger partial charge in [-0.3, -0.25) is 9.59 Å². The Morgan fingerprint density at radius 3 is 2.23 bits per heavy atom. The fourth-order valence-electron chi connectivity index (χ4n) is 4.01. The monoisotopic (exact) mass is 441 g/mol. The Balaban J connectivity index is 1.72. The summed E-state index contributed by atoms with van der Waals surface area (Å²) in [6.45, 7) is 5.14. The first-order valence-corrected chi connectivity index (χ1v) is 10.9. The second kappa shape index (κ2) is 10.4. The first-order valence-electron chi connectivity index (χ1n) is 10.5. The molecule has 0 spiro atoms. The van der Waals surface area contributed by atoms with Crippen LogP contribution in [0.25, 0.3) is 0 Å². The first-order chi connectivity index (χ1) is 14.8. The van der Waals surface area contributed by atoms with Gasteiger partial charge in [-0.05, 0) is 48.1 Å². The molecular weight excluding hydrogens is 414 g/mol. The lowest BCUT2D eigenvalue weighted by Gasteiger charge is -2.37. The lowest BCUT2D eigenvalue weighted by atomic mass is 9.92. The summed E-state index contributed by atoms with van der Waals surface area (Å²) in [6.07, 6.45) is 1.22. The summed E-state index contributed by atoms with van der Waals surface area (Å²) in [5.41, 5.74) is 1.29. The molecule has 0 unspecified atom stereocenters. The second-order valence-corrected chi connectivity index (χ2v) is 8.71. The molecule has 1 N–H and O–H groups in total. The number of rotatable bonds is 5. The maximum Gasteiger partial charge on any atom is 0.331 e. The van der Waals surface area contributed by atoms with E-state index >= 15 is 0 Å². The highest BCUT2D eigenvalue weighted by atomic mass is 35.5. The summed E-state index contributed by atoms with van der Waals surface area (Å²) in [5.74, 6) is -0.0382. The molecule has 1 fully saturated rings. The standard InChI is InChI=1S/C24H28ClN3O3/c1-17-12-18(2)16-27(15-17)24(31)28(21-10-8-20(25)9-11-21)23(30)14-26-22(29)13-19-6-4-3-5-7-19/h3-11,17-18H,12-16H2,1-2H3,(H,26,29)/t17-,18+. The molecule has 4 amide bonds. The minimum absolute atomic E-state index is 0.171. The number of urea groups is 1. The highest BCUT2D eigenvalue weighted by molar-refractivity contribution is 6.30. The average molecular weight is 442 g/mol. The summed E-state index contributed by atoms with van der Waals surface area (Å²) in [4.78, 5) is 41.5. The molecule has 7 heteroatoms. The number of likely N-dealkylation sites (tertiary alicyclic amines) is 1. The van der Waals surface area contributed by atoms with Crippen LogP contribution >= 0.6 is 11.6 Å². The predicted molar refractivity (Wildman–Crippen MR) is 122 cm³/mol. The van der Waals surface area contributed by atoms with Crippen molar-refractivity contribution in [3.63, 3.8) is 0 Å². The lowest BCUT2D eigenvalue weighted by molar-refractivity contribution is -0.124. The van der Waals surface area contributed by atoms with Crippen LogP contribution in [0.1, 0.15) is 25.8 Å². The van der Waals surface area contributed by atoms with Crippen LogP contribution in [-0.4, -0.2) is 42.4 Å². The normalized spacial score (nSPS) is 18.4. The van der Waals surface area contributed by atoms with Crippen LogP contribution in [0.3, 0.4) is 0 Å². The number of benzene rings is 2. The third-order valence-electron chi connectivity index (χ3n) is 5.31. The Hall–Kier alpha value is -2.86. The molecule has 1 aliphatic rings. The molecule has 164 valence electrons. The van der Waals surface area contributed by atoms with Crippen molar-refractivity contribution in [1.82, 2.24) is 10.2 Å². The molecule has 1 saturated heterocycles. The number of imide groups is 1. The van der Waals surface area contributed by atoms with Crippen molar-refractivity contribution >= 4 is 35.1 Å². The number of carbonyl (C=O) groups excluding carboxylic acids is 3. The summed E-state index contributed by atoms with van der Waals surface area (Å²) >= 11 is 5.99. The van der Waals surface area contributed by atoms with Crippen LogP contribution in [0.2, 0.25) is 5.02 Å². The fraction of sp³-hybridized carbons (Fsp3) is 0.375. The number of nitrogens with one attached hydrogen (secondary N) is 1. The Morgan fingerprint density at radius 2 is 1.61 bits per heavy atom. The van der Waals surface area contributed by atoms with Gasteiger partial charge in [-0.15, -0.1) is 0 Å². The Kier molecular flexibility index (Phi) is 7.69. The van der Waals surface area contributed by atoms with Gasteiger partial charge in [-0.25, -0.2) is 9.69 Å². The maximum absolute atomic E-state index is 13.3. The van der Waals surface area contributed by atoms with Crippen molar-refractivity contribution in [2.24, 2.45) is 11.8 Å². The van der Waals surface area contributed by atoms with Gasteiger partial charge in [0.05, 0.1) is 18.7 Å². The molecule has 2 atom stereocenters. The number of amides is 4. The van der Waals surface area contributed by atoms with Gasteiger partial charge in [0.25, 0.3) is 5.91 Å². The zero-order valence-corrected chi connectivity index (χ0v) is 18.6. The molecule has 0 aliphatic carbocycles. The number of anilines is 1. The van der Waals surface area contributed by atoms with Crippen molar-refractivity contribution in [1.29, 1.82) is 0 Å². The maximum atomic E-state index is 13.3. The van der Waals surface area contributed by atoms with E-state index in [1.807, 2.05) is 30.3 Å². The third-order valence-corrected chi connectivity index (χ3v) is 5.56. The summed E-state index contributed by atoms with van der Waals surface area (Å²) in [7, 11) is 0. The van der Waals surface area contributed by atoms with Crippen LogP contribution in [0.4, 0.5) is 10.5 Å². The van der Waals surface area contributed by atoms with E-state index in [2.05, 4.69) is 19.2 Å². The number of piperidine rings is 1. The molecule has 0 bridgehead atoms. The first kappa shape index (κ1) is 22.8. The SMILES string of the molecule is C[C@@H]1C[C@H](C)CN(C(=O)N(C(=O)CNC(=O)Cc2ccccc2)c2ccc(Cl)cc2)C1. The van der Waals surface area contributed by atoms with E-state index < -0.39 is 5.91 Å². The average Bonchev–Trinajstić information content (AvgIpc) is 2.74. The number of hydrogen-bond donors (Lipinski definition) is 1. The highest BCUT2D eigenvalue weighted by Gasteiger charge is 2.32. The van der Waals surface area contributed by atoms with Gasteiger partial charge in [-0.2, -0.15) is 0 Å². The Morgan fingerprint density at radius 1 is 1.00 bits per heavy atom. The van der Waals surface area contributed by atoms with E-state index in [1.165, 1.54) is 0 Å². The largest absolute Gasteiger partial charge is 0.347 e. The number of halogens is 1. The van der Waals surface area contributed by atoms with E-state index in [4.69, 9.17) is 11.6 Å². The van der Waals surface area contributed by atoms with E-state index in [9.17, 15) is 14.4 Å². The lowest BCUT2D eigenvalue weighted by Crippen LogP contribution is -2.53. The number of nitrogens with zero attached hydrogens (tertiary/aromatic N) is 2. The Bertz CT molecular complexity index is 907. The summed E-state index contributed by atoms with van der Waals surface area (Å²) < 4.78 is 0. The van der Waals surface area contributed by atoms with Crippen LogP contribution in [0.15, 0.2) is 54.6 Å². The molecule has 1 heterocycles. The van der Waals surface area contributed by atoms with Crippen molar-refractivity contribution < 1.29 is 14.4 Å². The quantitative estimate of drug-likeness (QED) is 0.758. The molecular formula is C24H28ClN3O3. The van der Waals surface area contributed by atoms with Crippen LogP contribution in [0, 0.1) is 11.8 Å². The molecule has 6 nitrogen and oxygen atoms in total. The molecule has 2 aromatic rings. The smallest absolute Gasteiger partial charge is 0.331 e. The number of hydrogen-bond acceptors (Lipinski definition) is 3. The van der Waals surface area contributed by atoms with E-state index in [0.29, 0.717) is 35.6 Å². The van der Waals surface area contributed by atoms with Gasteiger partial charge in [0, 0.05) is 18.1 Å². The zero-order valence-electron chi connectivity index (χ0n) is 17.9.